The first-order chi connectivity index (χ1) is 9.08. The Hall–Kier alpha value is -1.45. The average Bonchev–Trinajstić information content (AvgIpc) is 2.42. The van der Waals surface area contributed by atoms with E-state index < -0.39 is 17.4 Å². The molecule has 19 heavy (non-hydrogen) atoms. The number of halogens is 2. The predicted molar refractivity (Wildman–Crippen MR) is 66.6 cm³/mol. The van der Waals surface area contributed by atoms with Crippen molar-refractivity contribution >= 4 is 6.29 Å². The highest BCUT2D eigenvalue weighted by molar-refractivity contribution is 5.73. The topological polar surface area (TPSA) is 26.3 Å². The molecule has 0 bridgehead atoms. The third-order valence-electron chi connectivity index (χ3n) is 4.55. The summed E-state index contributed by atoms with van der Waals surface area (Å²) in [6, 6.07) is 3.01. The van der Waals surface area contributed by atoms with Gasteiger partial charge in [0.05, 0.1) is 12.0 Å². The smallest absolute Gasteiger partial charge is 0.131 e. The lowest BCUT2D eigenvalue weighted by molar-refractivity contribution is -0.118. The van der Waals surface area contributed by atoms with E-state index in [0.717, 1.165) is 11.8 Å². The van der Waals surface area contributed by atoms with Crippen LogP contribution in [0.25, 0.3) is 0 Å². The molecular weight excluding hydrogens is 250 g/mol. The molecule has 3 atom stereocenters. The van der Waals surface area contributed by atoms with E-state index in [9.17, 15) is 13.6 Å². The van der Waals surface area contributed by atoms with Crippen molar-refractivity contribution in [3.8, 4) is 5.75 Å². The Labute approximate surface area is 110 Å². The van der Waals surface area contributed by atoms with Gasteiger partial charge in [-0.25, -0.2) is 8.78 Å². The summed E-state index contributed by atoms with van der Waals surface area (Å²) in [5.74, 6) is -0.215. The van der Waals surface area contributed by atoms with Gasteiger partial charge in [-0.15, -0.1) is 0 Å². The fourth-order valence-electron chi connectivity index (χ4n) is 3.46. The lowest BCUT2D eigenvalue weighted by Gasteiger charge is -2.45. The first kappa shape index (κ1) is 12.6. The minimum Gasteiger partial charge on any atom is -0.493 e. The molecule has 2 aliphatic rings. The van der Waals surface area contributed by atoms with E-state index in [0.29, 0.717) is 24.2 Å². The molecule has 0 saturated heterocycles. The number of ether oxygens (including phenoxy) is 1. The Kier molecular flexibility index (Phi) is 2.84. The lowest BCUT2D eigenvalue weighted by Crippen LogP contribution is -2.48. The van der Waals surface area contributed by atoms with Crippen molar-refractivity contribution in [3.63, 3.8) is 0 Å². The van der Waals surface area contributed by atoms with E-state index in [4.69, 9.17) is 4.74 Å². The predicted octanol–water partition coefficient (Wildman–Crippen LogP) is 3.10. The highest BCUT2D eigenvalue weighted by Crippen LogP contribution is 2.51. The van der Waals surface area contributed by atoms with Gasteiger partial charge in [-0.2, -0.15) is 0 Å². The van der Waals surface area contributed by atoms with Crippen LogP contribution in [0.2, 0.25) is 0 Å². The van der Waals surface area contributed by atoms with Crippen LogP contribution in [0.1, 0.15) is 30.4 Å². The van der Waals surface area contributed by atoms with Crippen LogP contribution in [-0.4, -0.2) is 19.1 Å². The molecule has 1 fully saturated rings. The molecule has 1 aliphatic heterocycles. The molecule has 2 nitrogen and oxygen atoms in total. The highest BCUT2D eigenvalue weighted by Gasteiger charge is 2.51. The number of hydrogen-bond acceptors (Lipinski definition) is 2. The molecule has 0 radical (unpaired) electrons. The van der Waals surface area contributed by atoms with Crippen LogP contribution < -0.4 is 4.74 Å². The Morgan fingerprint density at radius 1 is 1.47 bits per heavy atom. The van der Waals surface area contributed by atoms with Crippen LogP contribution in [0.4, 0.5) is 8.78 Å². The summed E-state index contributed by atoms with van der Waals surface area (Å²) in [6.45, 7) is 2.12. The van der Waals surface area contributed by atoms with E-state index >= 15 is 0 Å². The Morgan fingerprint density at radius 3 is 3.00 bits per heavy atom. The van der Waals surface area contributed by atoms with Crippen LogP contribution in [0, 0.1) is 18.7 Å². The van der Waals surface area contributed by atoms with Crippen LogP contribution >= 0.6 is 0 Å². The molecule has 2 unspecified atom stereocenters. The second-order valence-electron chi connectivity index (χ2n) is 5.61. The molecule has 0 N–H and O–H groups in total. The van der Waals surface area contributed by atoms with Crippen LogP contribution in [0.3, 0.4) is 0 Å². The average molecular weight is 266 g/mol. The van der Waals surface area contributed by atoms with Crippen molar-refractivity contribution in [3.05, 3.63) is 29.1 Å². The number of alkyl halides is 1. The number of carbonyl (C=O) groups excluding carboxylic acids is 1. The summed E-state index contributed by atoms with van der Waals surface area (Å²) < 4.78 is 33.4. The number of benzene rings is 1. The minimum atomic E-state index is -0.920. The SMILES string of the molecule is Cc1ccc(F)c2c1OC[C@H]1CC(F)CCC21C=O. The van der Waals surface area contributed by atoms with Gasteiger partial charge in [0, 0.05) is 11.5 Å². The maximum atomic E-state index is 14.2. The van der Waals surface area contributed by atoms with Gasteiger partial charge < -0.3 is 9.53 Å². The van der Waals surface area contributed by atoms with E-state index in [1.54, 1.807) is 6.07 Å². The van der Waals surface area contributed by atoms with Crippen molar-refractivity contribution < 1.29 is 18.3 Å². The van der Waals surface area contributed by atoms with E-state index in [1.165, 1.54) is 6.07 Å². The van der Waals surface area contributed by atoms with Gasteiger partial charge in [0.15, 0.2) is 0 Å². The molecule has 0 aromatic heterocycles. The number of hydrogen-bond donors (Lipinski definition) is 0. The maximum absolute atomic E-state index is 14.2. The van der Waals surface area contributed by atoms with Gasteiger partial charge in [0.2, 0.25) is 0 Å². The molecule has 0 amide bonds. The van der Waals surface area contributed by atoms with Gasteiger partial charge in [-0.3, -0.25) is 0 Å². The van der Waals surface area contributed by atoms with Gasteiger partial charge in [0.25, 0.3) is 0 Å². The molecule has 102 valence electrons. The number of fused-ring (bicyclic) bond motifs is 3. The summed E-state index contributed by atoms with van der Waals surface area (Å²) in [6.07, 6.45) is 0.830. The van der Waals surface area contributed by atoms with Crippen LogP contribution in [0.15, 0.2) is 12.1 Å². The standard InChI is InChI=1S/C15H16F2O2/c1-9-2-3-12(17)13-14(9)19-7-10-6-11(16)4-5-15(10,13)8-18/h2-3,8,10-11H,4-7H2,1H3/t10-,11?,15?/m1/s1. The zero-order valence-electron chi connectivity index (χ0n) is 10.8. The van der Waals surface area contributed by atoms with Crippen LogP contribution in [-0.2, 0) is 10.2 Å². The highest BCUT2D eigenvalue weighted by atomic mass is 19.1. The molecule has 3 rings (SSSR count). The normalized spacial score (nSPS) is 33.0. The summed E-state index contributed by atoms with van der Waals surface area (Å²) in [7, 11) is 0. The summed E-state index contributed by atoms with van der Waals surface area (Å²) in [5, 5.41) is 0. The number of carbonyl (C=O) groups is 1. The summed E-state index contributed by atoms with van der Waals surface area (Å²) in [4.78, 5) is 11.7. The van der Waals surface area contributed by atoms with E-state index in [-0.39, 0.29) is 18.9 Å². The van der Waals surface area contributed by atoms with Crippen LogP contribution in [0.5, 0.6) is 5.75 Å². The number of aryl methyl sites for hydroxylation is 1. The molecule has 1 saturated carbocycles. The maximum Gasteiger partial charge on any atom is 0.131 e. The zero-order chi connectivity index (χ0) is 13.6. The van der Waals surface area contributed by atoms with Gasteiger partial charge in [0.1, 0.15) is 24.0 Å². The lowest BCUT2D eigenvalue weighted by atomic mass is 9.61. The van der Waals surface area contributed by atoms with Gasteiger partial charge in [-0.1, -0.05) is 6.07 Å². The van der Waals surface area contributed by atoms with Gasteiger partial charge >= 0.3 is 0 Å². The third-order valence-corrected chi connectivity index (χ3v) is 4.55. The fraction of sp³-hybridized carbons (Fsp3) is 0.533. The first-order valence-corrected chi connectivity index (χ1v) is 6.61. The van der Waals surface area contributed by atoms with Gasteiger partial charge in [-0.05, 0) is 37.8 Å². The summed E-state index contributed by atoms with van der Waals surface area (Å²) in [5.41, 5.74) is 0.246. The second kappa shape index (κ2) is 4.29. The summed E-state index contributed by atoms with van der Waals surface area (Å²) >= 11 is 0. The van der Waals surface area contributed by atoms with Crippen molar-refractivity contribution in [2.75, 3.05) is 6.61 Å². The largest absolute Gasteiger partial charge is 0.493 e. The molecule has 1 aromatic carbocycles. The number of aldehydes is 1. The monoisotopic (exact) mass is 266 g/mol. The minimum absolute atomic E-state index is 0.266. The van der Waals surface area contributed by atoms with Crippen molar-refractivity contribution in [1.29, 1.82) is 0 Å². The molecule has 1 heterocycles. The van der Waals surface area contributed by atoms with E-state index in [2.05, 4.69) is 0 Å². The third kappa shape index (κ3) is 1.69. The Morgan fingerprint density at radius 2 is 2.26 bits per heavy atom. The second-order valence-corrected chi connectivity index (χ2v) is 5.61. The van der Waals surface area contributed by atoms with Crippen molar-refractivity contribution in [2.45, 2.75) is 37.8 Å². The Balaban J connectivity index is 2.19. The molecule has 1 aliphatic carbocycles. The quantitative estimate of drug-likeness (QED) is 0.730. The fourth-order valence-corrected chi connectivity index (χ4v) is 3.46. The number of rotatable bonds is 1. The zero-order valence-corrected chi connectivity index (χ0v) is 10.8. The van der Waals surface area contributed by atoms with Crippen molar-refractivity contribution in [2.24, 2.45) is 5.92 Å². The first-order valence-electron chi connectivity index (χ1n) is 6.61. The van der Waals surface area contributed by atoms with Crippen molar-refractivity contribution in [1.82, 2.24) is 0 Å². The molecular formula is C15H16F2O2. The molecule has 0 spiro atoms. The molecule has 1 aromatic rings. The van der Waals surface area contributed by atoms with E-state index in [1.807, 2.05) is 6.92 Å². The Bertz CT molecular complexity index is 529. The molecule has 4 heteroatoms.